The maximum absolute atomic E-state index is 11.9. The number of nitrogen functional groups attached to an aromatic ring is 1. The molecule has 0 unspecified atom stereocenters. The summed E-state index contributed by atoms with van der Waals surface area (Å²) in [5.41, 5.74) is 11.0. The molecular formula is C27H33N3O5S. The van der Waals surface area contributed by atoms with Crippen LogP contribution in [0, 0.1) is 0 Å². The first kappa shape index (κ1) is 24.5. The SMILES string of the molecule is CC(C)OC(=O)Nc1ccc(-c2c(N)c3ccc(OC4CCS(=O)(=O)CC4)cc3n2C2CCC2)cc1. The highest BCUT2D eigenvalue weighted by atomic mass is 32.2. The second-order valence-electron chi connectivity index (χ2n) is 10.0. The fourth-order valence-corrected chi connectivity index (χ4v) is 6.41. The van der Waals surface area contributed by atoms with E-state index in [1.54, 1.807) is 13.8 Å². The van der Waals surface area contributed by atoms with Gasteiger partial charge in [-0.2, -0.15) is 0 Å². The highest BCUT2D eigenvalue weighted by Gasteiger charge is 2.28. The van der Waals surface area contributed by atoms with E-state index in [0.717, 1.165) is 40.8 Å². The van der Waals surface area contributed by atoms with Crippen LogP contribution < -0.4 is 15.8 Å². The van der Waals surface area contributed by atoms with Crippen molar-refractivity contribution in [3.8, 4) is 17.0 Å². The zero-order valence-electron chi connectivity index (χ0n) is 20.7. The van der Waals surface area contributed by atoms with E-state index in [1.807, 2.05) is 42.5 Å². The second-order valence-corrected chi connectivity index (χ2v) is 12.3. The Balaban J connectivity index is 1.45. The number of sulfone groups is 1. The standard InChI is InChI=1S/C27H33N3O5S/c1-17(2)34-27(31)29-19-8-6-18(7-9-19)26-25(28)23-11-10-22(16-24(23)30(26)20-4-3-5-20)35-21-12-14-36(32,33)15-13-21/h6-11,16-17,20-21H,3-5,12-15,28H2,1-2H3,(H,29,31). The number of hydrogen-bond acceptors (Lipinski definition) is 6. The number of carbonyl (C=O) groups is 1. The molecule has 9 heteroatoms. The summed E-state index contributed by atoms with van der Waals surface area (Å²) in [7, 11) is -2.94. The summed E-state index contributed by atoms with van der Waals surface area (Å²) in [5.74, 6) is 1.09. The van der Waals surface area contributed by atoms with E-state index >= 15 is 0 Å². The lowest BCUT2D eigenvalue weighted by atomic mass is 9.92. The van der Waals surface area contributed by atoms with Crippen LogP contribution >= 0.6 is 0 Å². The lowest BCUT2D eigenvalue weighted by Crippen LogP contribution is -2.30. The third-order valence-corrected chi connectivity index (χ3v) is 8.72. The number of aromatic nitrogens is 1. The maximum atomic E-state index is 11.9. The van der Waals surface area contributed by atoms with Gasteiger partial charge < -0.3 is 19.8 Å². The summed E-state index contributed by atoms with van der Waals surface area (Å²) < 4.78 is 37.2. The molecular weight excluding hydrogens is 478 g/mol. The van der Waals surface area contributed by atoms with E-state index in [2.05, 4.69) is 9.88 Å². The van der Waals surface area contributed by atoms with Crippen LogP contribution in [0.1, 0.15) is 52.0 Å². The Bertz CT molecular complexity index is 1360. The quantitative estimate of drug-likeness (QED) is 0.450. The number of carbonyl (C=O) groups excluding carboxylic acids is 1. The second kappa shape index (κ2) is 9.69. The summed E-state index contributed by atoms with van der Waals surface area (Å²) in [5, 5.41) is 3.72. The maximum Gasteiger partial charge on any atom is 0.411 e. The Kier molecular flexibility index (Phi) is 6.59. The number of amides is 1. The van der Waals surface area contributed by atoms with Gasteiger partial charge in [0, 0.05) is 28.7 Å². The largest absolute Gasteiger partial charge is 0.490 e. The van der Waals surface area contributed by atoms with Crippen molar-refractivity contribution < 1.29 is 22.7 Å². The van der Waals surface area contributed by atoms with Gasteiger partial charge in [0.15, 0.2) is 9.84 Å². The first-order valence-electron chi connectivity index (χ1n) is 12.6. The van der Waals surface area contributed by atoms with Crippen molar-refractivity contribution in [2.45, 2.75) is 64.2 Å². The monoisotopic (exact) mass is 511 g/mol. The third kappa shape index (κ3) is 5.02. The predicted molar refractivity (Wildman–Crippen MR) is 142 cm³/mol. The topological polar surface area (TPSA) is 113 Å². The molecule has 1 amide bonds. The van der Waals surface area contributed by atoms with E-state index in [9.17, 15) is 13.2 Å². The lowest BCUT2D eigenvalue weighted by molar-refractivity contribution is 0.130. The Labute approximate surface area is 211 Å². The van der Waals surface area contributed by atoms with Crippen molar-refractivity contribution in [1.29, 1.82) is 0 Å². The van der Waals surface area contributed by atoms with Gasteiger partial charge in [0.2, 0.25) is 0 Å². The average molecular weight is 512 g/mol. The summed E-state index contributed by atoms with van der Waals surface area (Å²) >= 11 is 0. The first-order valence-corrected chi connectivity index (χ1v) is 14.4. The molecule has 3 N–H and O–H groups in total. The van der Waals surface area contributed by atoms with Crippen molar-refractivity contribution in [2.75, 3.05) is 22.6 Å². The number of nitrogens with two attached hydrogens (primary N) is 1. The molecule has 8 nitrogen and oxygen atoms in total. The zero-order chi connectivity index (χ0) is 25.4. The van der Waals surface area contributed by atoms with Crippen LogP contribution in [0.4, 0.5) is 16.2 Å². The number of anilines is 2. The van der Waals surface area contributed by atoms with Crippen LogP contribution in [0.25, 0.3) is 22.2 Å². The summed E-state index contributed by atoms with van der Waals surface area (Å²) in [6, 6.07) is 13.9. The van der Waals surface area contributed by atoms with E-state index in [0.29, 0.717) is 30.3 Å². The number of hydrogen-bond donors (Lipinski definition) is 2. The van der Waals surface area contributed by atoms with E-state index in [4.69, 9.17) is 15.2 Å². The van der Waals surface area contributed by atoms with Crippen LogP contribution in [0.2, 0.25) is 0 Å². The van der Waals surface area contributed by atoms with Gasteiger partial charge >= 0.3 is 6.09 Å². The number of fused-ring (bicyclic) bond motifs is 1. The molecule has 1 aliphatic carbocycles. The first-order chi connectivity index (χ1) is 17.2. The van der Waals surface area contributed by atoms with Crippen LogP contribution in [0.5, 0.6) is 5.75 Å². The molecule has 192 valence electrons. The van der Waals surface area contributed by atoms with Gasteiger partial charge in [0.05, 0.1) is 34.5 Å². The van der Waals surface area contributed by atoms with Crippen molar-refractivity contribution in [3.05, 3.63) is 42.5 Å². The molecule has 2 fully saturated rings. The molecule has 1 aromatic heterocycles. The molecule has 2 heterocycles. The highest BCUT2D eigenvalue weighted by molar-refractivity contribution is 7.91. The van der Waals surface area contributed by atoms with Crippen molar-refractivity contribution in [1.82, 2.24) is 4.57 Å². The lowest BCUT2D eigenvalue weighted by Gasteiger charge is -2.30. The molecule has 1 aliphatic heterocycles. The molecule has 5 rings (SSSR count). The Morgan fingerprint density at radius 2 is 1.75 bits per heavy atom. The predicted octanol–water partition coefficient (Wildman–Crippen LogP) is 5.53. The molecule has 1 saturated carbocycles. The van der Waals surface area contributed by atoms with Crippen molar-refractivity contribution in [3.63, 3.8) is 0 Å². The van der Waals surface area contributed by atoms with Crippen LogP contribution in [0.15, 0.2) is 42.5 Å². The van der Waals surface area contributed by atoms with Crippen LogP contribution in [-0.2, 0) is 14.6 Å². The van der Waals surface area contributed by atoms with Gasteiger partial charge in [-0.25, -0.2) is 13.2 Å². The molecule has 2 aromatic carbocycles. The summed E-state index contributed by atoms with van der Waals surface area (Å²) in [6.07, 6.45) is 3.61. The Morgan fingerprint density at radius 1 is 1.06 bits per heavy atom. The smallest absolute Gasteiger partial charge is 0.411 e. The van der Waals surface area contributed by atoms with Gasteiger partial charge in [-0.1, -0.05) is 12.1 Å². The van der Waals surface area contributed by atoms with Gasteiger partial charge in [-0.05, 0) is 70.2 Å². The fourth-order valence-electron chi connectivity index (χ4n) is 4.96. The summed E-state index contributed by atoms with van der Waals surface area (Å²) in [4.78, 5) is 11.9. The fraction of sp³-hybridized carbons (Fsp3) is 0.444. The van der Waals surface area contributed by atoms with Gasteiger partial charge in [-0.15, -0.1) is 0 Å². The van der Waals surface area contributed by atoms with E-state index < -0.39 is 15.9 Å². The Hall–Kier alpha value is -3.20. The van der Waals surface area contributed by atoms with Crippen LogP contribution in [-0.4, -0.2) is 42.8 Å². The number of ether oxygens (including phenoxy) is 2. The third-order valence-electron chi connectivity index (χ3n) is 7.01. The molecule has 0 atom stereocenters. The van der Waals surface area contributed by atoms with E-state index in [1.165, 1.54) is 6.42 Å². The molecule has 36 heavy (non-hydrogen) atoms. The van der Waals surface area contributed by atoms with E-state index in [-0.39, 0.29) is 23.7 Å². The molecule has 0 spiro atoms. The Morgan fingerprint density at radius 3 is 2.36 bits per heavy atom. The minimum Gasteiger partial charge on any atom is -0.490 e. The zero-order valence-corrected chi connectivity index (χ0v) is 21.5. The van der Waals surface area contributed by atoms with Gasteiger partial charge in [-0.3, -0.25) is 5.32 Å². The number of nitrogens with one attached hydrogen (secondary N) is 1. The number of rotatable bonds is 6. The minimum atomic E-state index is -2.94. The minimum absolute atomic E-state index is 0.0997. The van der Waals surface area contributed by atoms with Crippen LogP contribution in [0.3, 0.4) is 0 Å². The number of nitrogens with zero attached hydrogens (tertiary/aromatic N) is 1. The number of benzene rings is 2. The van der Waals surface area contributed by atoms with Gasteiger partial charge in [0.1, 0.15) is 11.9 Å². The van der Waals surface area contributed by atoms with Crippen molar-refractivity contribution >= 4 is 38.2 Å². The molecule has 2 aliphatic rings. The molecule has 0 bridgehead atoms. The molecule has 0 radical (unpaired) electrons. The normalized spacial score (nSPS) is 18.2. The summed E-state index contributed by atoms with van der Waals surface area (Å²) in [6.45, 7) is 3.61. The average Bonchev–Trinajstić information content (AvgIpc) is 3.06. The highest BCUT2D eigenvalue weighted by Crippen LogP contribution is 2.45. The van der Waals surface area contributed by atoms with Gasteiger partial charge in [0.25, 0.3) is 0 Å². The molecule has 3 aromatic rings. The van der Waals surface area contributed by atoms with Crippen molar-refractivity contribution in [2.24, 2.45) is 0 Å². The molecule has 1 saturated heterocycles.